The van der Waals surface area contributed by atoms with Crippen LogP contribution in [-0.4, -0.2) is 42.0 Å². The largest absolute Gasteiger partial charge is 0.452 e. The molecule has 32 heavy (non-hydrogen) atoms. The number of carbonyl (C=O) groups excluding carboxylic acids is 2. The molecule has 0 unspecified atom stereocenters. The van der Waals surface area contributed by atoms with Crippen LogP contribution in [0.15, 0.2) is 42.5 Å². The van der Waals surface area contributed by atoms with Crippen molar-refractivity contribution in [1.82, 2.24) is 9.88 Å². The number of para-hydroxylation sites is 2. The molecule has 0 spiro atoms. The number of carbonyl (C=O) groups is 2. The van der Waals surface area contributed by atoms with Gasteiger partial charge in [-0.2, -0.15) is 0 Å². The molecule has 6 nitrogen and oxygen atoms in total. The standard InChI is InChI=1S/C26H29N3O3/c1-4-17-9-8-10-18(5-2)25(17)28-23(30)16-32-26(31)24-19-11-6-7-12-21(19)27-22-13-14-29(3)15-20(22)24/h6-12H,4-5,13-16H2,1-3H3,(H,28,30). The molecule has 3 aromatic rings. The van der Waals surface area contributed by atoms with Crippen molar-refractivity contribution in [2.45, 2.75) is 39.7 Å². The zero-order chi connectivity index (χ0) is 22.7. The maximum absolute atomic E-state index is 13.2. The first-order valence-corrected chi connectivity index (χ1v) is 11.2. The van der Waals surface area contributed by atoms with Gasteiger partial charge in [-0.15, -0.1) is 0 Å². The van der Waals surface area contributed by atoms with Crippen molar-refractivity contribution in [1.29, 1.82) is 0 Å². The molecule has 6 heteroatoms. The normalized spacial score (nSPS) is 13.6. The van der Waals surface area contributed by atoms with Crippen molar-refractivity contribution in [3.63, 3.8) is 0 Å². The lowest BCUT2D eigenvalue weighted by atomic mass is 9.96. The van der Waals surface area contributed by atoms with E-state index in [4.69, 9.17) is 9.72 Å². The molecule has 1 amide bonds. The molecule has 2 heterocycles. The number of aromatic nitrogens is 1. The highest BCUT2D eigenvalue weighted by Crippen LogP contribution is 2.28. The predicted octanol–water partition coefficient (Wildman–Crippen LogP) is 4.14. The Hall–Kier alpha value is -3.25. The second kappa shape index (κ2) is 9.49. The van der Waals surface area contributed by atoms with E-state index in [-0.39, 0.29) is 12.5 Å². The fourth-order valence-corrected chi connectivity index (χ4v) is 4.34. The van der Waals surface area contributed by atoms with Gasteiger partial charge in [-0.3, -0.25) is 9.78 Å². The number of hydrogen-bond donors (Lipinski definition) is 1. The number of hydrogen-bond acceptors (Lipinski definition) is 5. The molecule has 1 N–H and O–H groups in total. The van der Waals surface area contributed by atoms with Gasteiger partial charge in [-0.05, 0) is 37.1 Å². The van der Waals surface area contributed by atoms with E-state index in [0.29, 0.717) is 12.1 Å². The third-order valence-electron chi connectivity index (χ3n) is 6.04. The summed E-state index contributed by atoms with van der Waals surface area (Å²) < 4.78 is 5.52. The average Bonchev–Trinajstić information content (AvgIpc) is 2.81. The highest BCUT2D eigenvalue weighted by atomic mass is 16.5. The van der Waals surface area contributed by atoms with Gasteiger partial charge in [0.1, 0.15) is 0 Å². The number of ether oxygens (including phenoxy) is 1. The topological polar surface area (TPSA) is 71.5 Å². The molecule has 2 aromatic carbocycles. The summed E-state index contributed by atoms with van der Waals surface area (Å²) in [6, 6.07) is 13.6. The molecule has 1 aromatic heterocycles. The molecule has 0 saturated carbocycles. The van der Waals surface area contributed by atoms with Crippen molar-refractivity contribution >= 4 is 28.5 Å². The van der Waals surface area contributed by atoms with Crippen LogP contribution in [0.2, 0.25) is 0 Å². The van der Waals surface area contributed by atoms with Crippen molar-refractivity contribution < 1.29 is 14.3 Å². The van der Waals surface area contributed by atoms with E-state index in [1.165, 1.54) is 0 Å². The Morgan fingerprint density at radius 2 is 1.78 bits per heavy atom. The molecule has 166 valence electrons. The molecule has 0 atom stereocenters. The Morgan fingerprint density at radius 3 is 2.50 bits per heavy atom. The van der Waals surface area contributed by atoms with Crippen LogP contribution in [0.3, 0.4) is 0 Å². The molecule has 0 aliphatic carbocycles. The van der Waals surface area contributed by atoms with Gasteiger partial charge in [0.05, 0.1) is 11.1 Å². The monoisotopic (exact) mass is 431 g/mol. The Bertz CT molecular complexity index is 1150. The Balaban J connectivity index is 1.57. The summed E-state index contributed by atoms with van der Waals surface area (Å²) in [6.45, 7) is 5.30. The molecule has 1 aliphatic rings. The van der Waals surface area contributed by atoms with Crippen LogP contribution < -0.4 is 5.32 Å². The lowest BCUT2D eigenvalue weighted by molar-refractivity contribution is -0.119. The van der Waals surface area contributed by atoms with Gasteiger partial charge in [0.15, 0.2) is 6.61 Å². The summed E-state index contributed by atoms with van der Waals surface area (Å²) in [5.41, 5.74) is 6.09. The highest BCUT2D eigenvalue weighted by Gasteiger charge is 2.26. The summed E-state index contributed by atoms with van der Waals surface area (Å²) in [4.78, 5) is 32.8. The van der Waals surface area contributed by atoms with Gasteiger partial charge < -0.3 is 15.0 Å². The van der Waals surface area contributed by atoms with E-state index in [1.54, 1.807) is 0 Å². The fourth-order valence-electron chi connectivity index (χ4n) is 4.34. The van der Waals surface area contributed by atoms with Gasteiger partial charge >= 0.3 is 5.97 Å². The number of likely N-dealkylation sites (N-methyl/N-ethyl adjacent to an activating group) is 1. The van der Waals surface area contributed by atoms with Crippen LogP contribution >= 0.6 is 0 Å². The number of fused-ring (bicyclic) bond motifs is 2. The number of amides is 1. The zero-order valence-corrected chi connectivity index (χ0v) is 18.9. The lowest BCUT2D eigenvalue weighted by Gasteiger charge is -2.26. The number of aryl methyl sites for hydroxylation is 2. The average molecular weight is 432 g/mol. The van der Waals surface area contributed by atoms with E-state index in [9.17, 15) is 9.59 Å². The number of pyridine rings is 1. The smallest absolute Gasteiger partial charge is 0.339 e. The molecule has 4 rings (SSSR count). The summed E-state index contributed by atoms with van der Waals surface area (Å²) in [7, 11) is 2.02. The van der Waals surface area contributed by atoms with E-state index in [1.807, 2.05) is 49.5 Å². The second-order valence-electron chi connectivity index (χ2n) is 8.20. The van der Waals surface area contributed by atoms with Gasteiger partial charge in [-0.1, -0.05) is 50.2 Å². The SMILES string of the molecule is CCc1cccc(CC)c1NC(=O)COC(=O)c1c2c(nc3ccccc13)CCN(C)C2. The maximum atomic E-state index is 13.2. The highest BCUT2D eigenvalue weighted by molar-refractivity contribution is 6.06. The van der Waals surface area contributed by atoms with E-state index in [0.717, 1.165) is 64.8 Å². The van der Waals surface area contributed by atoms with Crippen LogP contribution in [0.4, 0.5) is 5.69 Å². The van der Waals surface area contributed by atoms with Crippen molar-refractivity contribution in [3.8, 4) is 0 Å². The van der Waals surface area contributed by atoms with Crippen LogP contribution in [0.5, 0.6) is 0 Å². The van der Waals surface area contributed by atoms with Crippen LogP contribution in [0.1, 0.15) is 46.6 Å². The molecular weight excluding hydrogens is 402 g/mol. The molecule has 0 bridgehead atoms. The van der Waals surface area contributed by atoms with Gasteiger partial charge in [0, 0.05) is 41.8 Å². The number of rotatable bonds is 6. The van der Waals surface area contributed by atoms with Crippen LogP contribution in [0, 0.1) is 0 Å². The molecule has 0 saturated heterocycles. The Kier molecular flexibility index (Phi) is 6.51. The lowest BCUT2D eigenvalue weighted by Crippen LogP contribution is -2.30. The summed E-state index contributed by atoms with van der Waals surface area (Å²) >= 11 is 0. The number of nitrogens with zero attached hydrogens (tertiary/aromatic N) is 2. The van der Waals surface area contributed by atoms with Crippen LogP contribution in [-0.2, 0) is 35.3 Å². The van der Waals surface area contributed by atoms with Gasteiger partial charge in [-0.25, -0.2) is 4.79 Å². The Labute approximate surface area is 188 Å². The van der Waals surface area contributed by atoms with Crippen LogP contribution in [0.25, 0.3) is 10.9 Å². The number of anilines is 1. The van der Waals surface area contributed by atoms with Gasteiger partial charge in [0.25, 0.3) is 5.91 Å². The van der Waals surface area contributed by atoms with Gasteiger partial charge in [0.2, 0.25) is 0 Å². The van der Waals surface area contributed by atoms with E-state index < -0.39 is 5.97 Å². The number of esters is 1. The Morgan fingerprint density at radius 1 is 1.06 bits per heavy atom. The summed E-state index contributed by atoms with van der Waals surface area (Å²) in [5.74, 6) is -0.817. The predicted molar refractivity (Wildman–Crippen MR) is 126 cm³/mol. The number of nitrogens with one attached hydrogen (secondary N) is 1. The molecular formula is C26H29N3O3. The first kappa shape index (κ1) is 22.0. The zero-order valence-electron chi connectivity index (χ0n) is 18.9. The van der Waals surface area contributed by atoms with Crippen molar-refractivity contribution in [2.75, 3.05) is 25.5 Å². The van der Waals surface area contributed by atoms with Crippen molar-refractivity contribution in [3.05, 3.63) is 70.4 Å². The first-order valence-electron chi connectivity index (χ1n) is 11.2. The van der Waals surface area contributed by atoms with E-state index >= 15 is 0 Å². The maximum Gasteiger partial charge on any atom is 0.339 e. The molecule has 0 radical (unpaired) electrons. The minimum Gasteiger partial charge on any atom is -0.452 e. The fraction of sp³-hybridized carbons (Fsp3) is 0.346. The van der Waals surface area contributed by atoms with Crippen molar-refractivity contribution in [2.24, 2.45) is 0 Å². The molecule has 1 aliphatic heterocycles. The minimum atomic E-state index is -0.482. The summed E-state index contributed by atoms with van der Waals surface area (Å²) in [5, 5.41) is 3.72. The first-order chi connectivity index (χ1) is 15.5. The quantitative estimate of drug-likeness (QED) is 0.594. The third kappa shape index (κ3) is 4.36. The number of benzene rings is 2. The summed E-state index contributed by atoms with van der Waals surface area (Å²) in [6.07, 6.45) is 2.41. The molecule has 0 fully saturated rings. The minimum absolute atomic E-state index is 0.332. The van der Waals surface area contributed by atoms with E-state index in [2.05, 4.69) is 24.1 Å². The second-order valence-corrected chi connectivity index (χ2v) is 8.20. The third-order valence-corrected chi connectivity index (χ3v) is 6.04.